The Morgan fingerprint density at radius 2 is 1.97 bits per heavy atom. The van der Waals surface area contributed by atoms with Gasteiger partial charge in [-0.25, -0.2) is 4.98 Å². The molecule has 0 radical (unpaired) electrons. The second-order valence-electron chi connectivity index (χ2n) is 7.50. The van der Waals surface area contributed by atoms with Crippen molar-refractivity contribution in [2.45, 2.75) is 6.61 Å². The average molecular weight is 541 g/mol. The Bertz CT molecular complexity index is 1590. The van der Waals surface area contributed by atoms with Crippen LogP contribution in [-0.2, 0) is 6.61 Å². The summed E-state index contributed by atoms with van der Waals surface area (Å²) in [5.41, 5.74) is 2.31. The minimum absolute atomic E-state index is 0.220. The van der Waals surface area contributed by atoms with Crippen LogP contribution in [0.3, 0.4) is 0 Å². The highest BCUT2D eigenvalue weighted by molar-refractivity contribution is 7.18. The molecule has 2 aromatic carbocycles. The number of hydrogen-bond acceptors (Lipinski definition) is 6. The number of fused-ring (bicyclic) bond motifs is 1. The lowest BCUT2D eigenvalue weighted by atomic mass is 10.1. The summed E-state index contributed by atoms with van der Waals surface area (Å²) >= 11 is 15.8. The van der Waals surface area contributed by atoms with E-state index in [4.69, 9.17) is 32.7 Å². The molecule has 0 fully saturated rings. The van der Waals surface area contributed by atoms with Crippen LogP contribution in [0.2, 0.25) is 5.02 Å². The molecule has 0 spiro atoms. The molecule has 5 nitrogen and oxygen atoms in total. The van der Waals surface area contributed by atoms with E-state index < -0.39 is 0 Å². The first kappa shape index (κ1) is 23.6. The van der Waals surface area contributed by atoms with Crippen molar-refractivity contribution in [2.24, 2.45) is 0 Å². The third-order valence-corrected chi connectivity index (χ3v) is 7.71. The van der Waals surface area contributed by atoms with E-state index in [2.05, 4.69) is 9.97 Å². The number of benzene rings is 2. The van der Waals surface area contributed by atoms with E-state index in [9.17, 15) is 4.79 Å². The predicted octanol–water partition coefficient (Wildman–Crippen LogP) is 7.69. The fourth-order valence-corrected chi connectivity index (χ4v) is 5.72. The molecule has 0 bridgehead atoms. The highest BCUT2D eigenvalue weighted by Gasteiger charge is 2.15. The minimum atomic E-state index is -0.220. The average Bonchev–Trinajstić information content (AvgIpc) is 3.54. The molecule has 5 aromatic rings. The van der Waals surface area contributed by atoms with Crippen LogP contribution in [0, 0.1) is 0 Å². The summed E-state index contributed by atoms with van der Waals surface area (Å²) in [7, 11) is 1.57. The molecular formula is C26H18Cl2N2O3S2. The maximum atomic E-state index is 12.9. The van der Waals surface area contributed by atoms with Gasteiger partial charge >= 0.3 is 0 Å². The van der Waals surface area contributed by atoms with Crippen LogP contribution in [0.1, 0.15) is 17.0 Å². The Kier molecular flexibility index (Phi) is 6.92. The molecule has 0 unspecified atom stereocenters. The molecular weight excluding hydrogens is 523 g/mol. The van der Waals surface area contributed by atoms with Crippen LogP contribution in [0.5, 0.6) is 11.5 Å². The Hall–Kier alpha value is -3.10. The zero-order chi connectivity index (χ0) is 24.4. The van der Waals surface area contributed by atoms with Crippen LogP contribution in [-0.4, -0.2) is 17.1 Å². The van der Waals surface area contributed by atoms with Gasteiger partial charge in [-0.3, -0.25) is 4.79 Å². The first-order valence-corrected chi connectivity index (χ1v) is 13.0. The second-order valence-corrected chi connectivity index (χ2v) is 10.1. The van der Waals surface area contributed by atoms with E-state index in [1.54, 1.807) is 36.7 Å². The second kappa shape index (κ2) is 10.3. The number of aromatic amines is 1. The van der Waals surface area contributed by atoms with Crippen molar-refractivity contribution in [3.63, 3.8) is 0 Å². The molecule has 0 saturated carbocycles. The van der Waals surface area contributed by atoms with Gasteiger partial charge in [0.1, 0.15) is 11.4 Å². The lowest BCUT2D eigenvalue weighted by molar-refractivity contribution is 0.284. The summed E-state index contributed by atoms with van der Waals surface area (Å²) in [5.74, 6) is 1.43. The van der Waals surface area contributed by atoms with Crippen molar-refractivity contribution < 1.29 is 9.47 Å². The number of ether oxygens (including phenoxy) is 2. The number of aromatic nitrogens is 2. The molecule has 5 rings (SSSR count). The highest BCUT2D eigenvalue weighted by atomic mass is 35.5. The molecule has 3 heterocycles. The van der Waals surface area contributed by atoms with Gasteiger partial charge in [0.2, 0.25) is 0 Å². The molecule has 176 valence electrons. The first-order valence-electron chi connectivity index (χ1n) is 10.5. The van der Waals surface area contributed by atoms with Gasteiger partial charge in [-0.15, -0.1) is 22.7 Å². The Labute approximate surface area is 219 Å². The number of hydrogen-bond donors (Lipinski definition) is 1. The van der Waals surface area contributed by atoms with Crippen LogP contribution in [0.4, 0.5) is 0 Å². The molecule has 0 amide bonds. The molecule has 9 heteroatoms. The summed E-state index contributed by atoms with van der Waals surface area (Å²) in [6, 6.07) is 16.9. The lowest BCUT2D eigenvalue weighted by Crippen LogP contribution is -2.10. The largest absolute Gasteiger partial charge is 0.493 e. The van der Waals surface area contributed by atoms with Crippen molar-refractivity contribution in [3.05, 3.63) is 97.7 Å². The molecule has 0 aliphatic rings. The summed E-state index contributed by atoms with van der Waals surface area (Å²) < 4.78 is 11.4. The summed E-state index contributed by atoms with van der Waals surface area (Å²) in [5, 5.41) is 5.46. The number of thiophene rings is 2. The Morgan fingerprint density at radius 1 is 1.11 bits per heavy atom. The van der Waals surface area contributed by atoms with Gasteiger partial charge in [-0.05, 0) is 41.3 Å². The number of H-pyrrole nitrogens is 1. The molecule has 3 aromatic heterocycles. The van der Waals surface area contributed by atoms with Crippen molar-refractivity contribution >= 4 is 67.2 Å². The molecule has 35 heavy (non-hydrogen) atoms. The normalized spacial score (nSPS) is 11.7. The third-order valence-electron chi connectivity index (χ3n) is 5.28. The zero-order valence-corrected chi connectivity index (χ0v) is 21.5. The van der Waals surface area contributed by atoms with E-state index in [0.29, 0.717) is 44.2 Å². The number of nitrogens with one attached hydrogen (secondary N) is 1. The molecule has 0 saturated heterocycles. The smallest absolute Gasteiger partial charge is 0.260 e. The van der Waals surface area contributed by atoms with Crippen molar-refractivity contribution in [3.8, 4) is 21.9 Å². The topological polar surface area (TPSA) is 64.2 Å². The summed E-state index contributed by atoms with van der Waals surface area (Å²) in [6.45, 7) is 0.311. The molecule has 1 N–H and O–H groups in total. The van der Waals surface area contributed by atoms with Gasteiger partial charge in [0.15, 0.2) is 17.3 Å². The number of halogens is 2. The maximum Gasteiger partial charge on any atom is 0.260 e. The van der Waals surface area contributed by atoms with Crippen LogP contribution in [0.15, 0.2) is 70.2 Å². The van der Waals surface area contributed by atoms with Crippen molar-refractivity contribution in [1.82, 2.24) is 9.97 Å². The van der Waals surface area contributed by atoms with E-state index in [0.717, 1.165) is 21.6 Å². The molecule has 0 atom stereocenters. The number of nitrogens with zero attached hydrogens (tertiary/aromatic N) is 1. The maximum absolute atomic E-state index is 12.9. The standard InChI is InChI=1S/C26H18Cl2N2O3S2/c1-32-21-12-15(8-9-20(21)33-13-16-5-2-3-6-18(16)27)11-19(28)24-29-25(31)23-17(14-35-26(23)30-24)22-7-4-10-34-22/h2-12,14H,13H2,1H3,(H,29,30,31)/b19-11-. The first-order chi connectivity index (χ1) is 17.0. The lowest BCUT2D eigenvalue weighted by Gasteiger charge is -2.12. The van der Waals surface area contributed by atoms with Crippen molar-refractivity contribution in [1.29, 1.82) is 0 Å². The summed E-state index contributed by atoms with van der Waals surface area (Å²) in [4.78, 5) is 22.0. The SMILES string of the molecule is COc1cc(/C=C(\Cl)c2nc3scc(-c4cccs4)c3c(=O)[nH]2)ccc1OCc1ccccc1Cl. The van der Waals surface area contributed by atoms with Gasteiger partial charge < -0.3 is 14.5 Å². The molecule has 0 aliphatic carbocycles. The fraction of sp³-hybridized carbons (Fsp3) is 0.0769. The van der Waals surface area contributed by atoms with Crippen molar-refractivity contribution in [2.75, 3.05) is 7.11 Å². The van der Waals surface area contributed by atoms with E-state index in [1.165, 1.54) is 11.3 Å². The zero-order valence-electron chi connectivity index (χ0n) is 18.4. The fourth-order valence-electron chi connectivity index (χ4n) is 3.55. The molecule has 0 aliphatic heterocycles. The van der Waals surface area contributed by atoms with Crippen LogP contribution in [0.25, 0.3) is 31.8 Å². The predicted molar refractivity (Wildman–Crippen MR) is 146 cm³/mol. The Morgan fingerprint density at radius 3 is 2.74 bits per heavy atom. The number of rotatable bonds is 7. The third kappa shape index (κ3) is 4.99. The van der Waals surface area contributed by atoms with Gasteiger partial charge in [0.05, 0.1) is 17.5 Å². The quantitative estimate of drug-likeness (QED) is 0.229. The van der Waals surface area contributed by atoms with E-state index >= 15 is 0 Å². The highest BCUT2D eigenvalue weighted by Crippen LogP contribution is 2.35. The number of methoxy groups -OCH3 is 1. The van der Waals surface area contributed by atoms with Gasteiger partial charge in [0.25, 0.3) is 5.56 Å². The van der Waals surface area contributed by atoms with E-state index in [-0.39, 0.29) is 5.56 Å². The van der Waals surface area contributed by atoms with Gasteiger partial charge in [-0.1, -0.05) is 53.5 Å². The monoisotopic (exact) mass is 540 g/mol. The van der Waals surface area contributed by atoms with E-state index in [1.807, 2.05) is 53.2 Å². The Balaban J connectivity index is 1.41. The summed E-state index contributed by atoms with van der Waals surface area (Å²) in [6.07, 6.45) is 1.72. The van der Waals surface area contributed by atoms with Crippen LogP contribution >= 0.6 is 45.9 Å². The van der Waals surface area contributed by atoms with Gasteiger partial charge in [-0.2, -0.15) is 0 Å². The minimum Gasteiger partial charge on any atom is -0.493 e. The van der Waals surface area contributed by atoms with Gasteiger partial charge in [0, 0.05) is 26.4 Å². The van der Waals surface area contributed by atoms with Crippen LogP contribution < -0.4 is 15.0 Å².